The molecule has 6 nitrogen and oxygen atoms in total. The molecular formula is C17H12ClN5OS. The van der Waals surface area contributed by atoms with Crippen LogP contribution < -0.4 is 5.73 Å². The number of thiazole rings is 1. The molecule has 25 heavy (non-hydrogen) atoms. The van der Waals surface area contributed by atoms with Crippen LogP contribution in [0.3, 0.4) is 0 Å². The number of pyridine rings is 1. The second-order valence-electron chi connectivity index (χ2n) is 5.41. The Hall–Kier alpha value is -2.77. The van der Waals surface area contributed by atoms with Crippen molar-refractivity contribution in [3.63, 3.8) is 0 Å². The van der Waals surface area contributed by atoms with E-state index < -0.39 is 0 Å². The topological polar surface area (TPSA) is 97.8 Å². The average molecular weight is 370 g/mol. The van der Waals surface area contributed by atoms with E-state index in [1.54, 1.807) is 18.5 Å². The molecule has 0 saturated carbocycles. The van der Waals surface area contributed by atoms with E-state index in [0.717, 1.165) is 15.3 Å². The third kappa shape index (κ3) is 2.77. The van der Waals surface area contributed by atoms with Crippen LogP contribution in [0.5, 0.6) is 5.88 Å². The van der Waals surface area contributed by atoms with Gasteiger partial charge in [-0.3, -0.25) is 4.98 Å². The number of nitrogen functional groups attached to an aromatic ring is 1. The van der Waals surface area contributed by atoms with Gasteiger partial charge in [0.1, 0.15) is 11.4 Å². The number of nitrogens with two attached hydrogens (primary N) is 1. The second kappa shape index (κ2) is 5.94. The fraction of sp³-hybridized carbons (Fsp3) is 0.0588. The Morgan fingerprint density at radius 2 is 2.00 bits per heavy atom. The van der Waals surface area contributed by atoms with Crippen LogP contribution in [0, 0.1) is 6.92 Å². The summed E-state index contributed by atoms with van der Waals surface area (Å²) in [6.07, 6.45) is 3.41. The van der Waals surface area contributed by atoms with Gasteiger partial charge in [-0.1, -0.05) is 17.7 Å². The lowest BCUT2D eigenvalue weighted by Gasteiger charge is -2.10. The average Bonchev–Trinajstić information content (AvgIpc) is 3.03. The molecule has 1 aromatic carbocycles. The van der Waals surface area contributed by atoms with Crippen LogP contribution in [0.15, 0.2) is 36.7 Å². The fourth-order valence-corrected chi connectivity index (χ4v) is 3.61. The minimum atomic E-state index is -0.317. The largest absolute Gasteiger partial charge is 0.491 e. The molecule has 4 rings (SSSR count). The number of fused-ring (bicyclic) bond motifs is 1. The monoisotopic (exact) mass is 369 g/mol. The Bertz CT molecular complexity index is 1110. The number of halogens is 1. The highest BCUT2D eigenvalue weighted by atomic mass is 35.5. The van der Waals surface area contributed by atoms with Gasteiger partial charge >= 0.3 is 0 Å². The number of aryl methyl sites for hydroxylation is 1. The van der Waals surface area contributed by atoms with Crippen LogP contribution in [-0.2, 0) is 0 Å². The molecule has 4 aromatic rings. The zero-order chi connectivity index (χ0) is 17.6. The van der Waals surface area contributed by atoms with Crippen molar-refractivity contribution in [3.8, 4) is 27.7 Å². The molecular weight excluding hydrogens is 358 g/mol. The molecule has 0 radical (unpaired) electrons. The molecule has 0 spiro atoms. The zero-order valence-electron chi connectivity index (χ0n) is 13.1. The highest BCUT2D eigenvalue weighted by Crippen LogP contribution is 2.37. The minimum absolute atomic E-state index is 0.0293. The molecule has 0 unspecified atom stereocenters. The molecule has 3 N–H and O–H groups in total. The Labute approximate surface area is 152 Å². The van der Waals surface area contributed by atoms with E-state index in [9.17, 15) is 5.11 Å². The molecule has 0 aliphatic rings. The lowest BCUT2D eigenvalue weighted by atomic mass is 10.1. The van der Waals surface area contributed by atoms with E-state index in [-0.39, 0.29) is 11.7 Å². The summed E-state index contributed by atoms with van der Waals surface area (Å²) in [5.41, 5.74) is 8.22. The molecule has 124 valence electrons. The molecule has 0 aliphatic carbocycles. The maximum Gasteiger partial charge on any atom is 0.255 e. The van der Waals surface area contributed by atoms with Gasteiger partial charge in [-0.2, -0.15) is 0 Å². The molecule has 3 aromatic heterocycles. The van der Waals surface area contributed by atoms with Gasteiger partial charge in [0.15, 0.2) is 5.82 Å². The predicted octanol–water partition coefficient (Wildman–Crippen LogP) is 4.06. The Balaban J connectivity index is 2.00. The van der Waals surface area contributed by atoms with E-state index in [2.05, 4.69) is 19.9 Å². The number of nitrogens with zero attached hydrogens (tertiary/aromatic N) is 4. The number of hydrogen-bond donors (Lipinski definition) is 2. The maximum absolute atomic E-state index is 9.96. The van der Waals surface area contributed by atoms with Crippen molar-refractivity contribution >= 4 is 39.7 Å². The number of hydrogen-bond acceptors (Lipinski definition) is 7. The number of aromatic hydroxyl groups is 1. The molecule has 0 atom stereocenters. The van der Waals surface area contributed by atoms with Crippen molar-refractivity contribution in [2.75, 3.05) is 5.73 Å². The summed E-state index contributed by atoms with van der Waals surface area (Å²) in [6.45, 7) is 1.91. The highest BCUT2D eigenvalue weighted by molar-refractivity contribution is 7.15. The zero-order valence-corrected chi connectivity index (χ0v) is 14.6. The van der Waals surface area contributed by atoms with Crippen LogP contribution >= 0.6 is 22.9 Å². The lowest BCUT2D eigenvalue weighted by molar-refractivity contribution is 0.455. The first-order chi connectivity index (χ1) is 12.0. The van der Waals surface area contributed by atoms with Gasteiger partial charge in [-0.15, -0.1) is 11.3 Å². The van der Waals surface area contributed by atoms with Gasteiger partial charge in [-0.25, -0.2) is 15.0 Å². The number of aromatic nitrogens is 4. The smallest absolute Gasteiger partial charge is 0.255 e. The van der Waals surface area contributed by atoms with Crippen molar-refractivity contribution in [2.45, 2.75) is 6.92 Å². The molecule has 8 heteroatoms. The minimum Gasteiger partial charge on any atom is -0.491 e. The summed E-state index contributed by atoms with van der Waals surface area (Å²) in [5.74, 6) is -0.347. The molecule has 0 saturated heterocycles. The van der Waals surface area contributed by atoms with Gasteiger partial charge < -0.3 is 10.8 Å². The first-order valence-electron chi connectivity index (χ1n) is 7.37. The van der Waals surface area contributed by atoms with E-state index in [0.29, 0.717) is 27.5 Å². The quantitative estimate of drug-likeness (QED) is 0.552. The standard InChI is InChI=1S/C17H12ClN5OS/c1-8-21-7-12(25-8)15-14(23-17(24)16(19)22-15)10-5-9-3-2-4-20-13(9)11(18)6-10/h2-7H,1H3,(H2,19,22)(H,23,24). The van der Waals surface area contributed by atoms with E-state index >= 15 is 0 Å². The Kier molecular flexibility index (Phi) is 3.74. The van der Waals surface area contributed by atoms with Crippen molar-refractivity contribution in [2.24, 2.45) is 0 Å². The van der Waals surface area contributed by atoms with Gasteiger partial charge in [0.2, 0.25) is 0 Å². The maximum atomic E-state index is 9.96. The van der Waals surface area contributed by atoms with Crippen molar-refractivity contribution in [1.82, 2.24) is 19.9 Å². The van der Waals surface area contributed by atoms with Gasteiger partial charge in [-0.05, 0) is 25.1 Å². The van der Waals surface area contributed by atoms with Crippen molar-refractivity contribution < 1.29 is 5.11 Å². The number of anilines is 1. The fourth-order valence-electron chi connectivity index (χ4n) is 2.57. The first kappa shape index (κ1) is 15.7. The highest BCUT2D eigenvalue weighted by Gasteiger charge is 2.18. The summed E-state index contributed by atoms with van der Waals surface area (Å²) < 4.78 is 0. The van der Waals surface area contributed by atoms with Crippen molar-refractivity contribution in [1.29, 1.82) is 0 Å². The number of rotatable bonds is 2. The van der Waals surface area contributed by atoms with Crippen LogP contribution in [0.2, 0.25) is 5.02 Å². The third-order valence-corrected chi connectivity index (χ3v) is 4.90. The van der Waals surface area contributed by atoms with E-state index in [1.807, 2.05) is 25.1 Å². The molecule has 0 bridgehead atoms. The Morgan fingerprint density at radius 1 is 1.16 bits per heavy atom. The lowest BCUT2D eigenvalue weighted by Crippen LogP contribution is -1.99. The summed E-state index contributed by atoms with van der Waals surface area (Å²) in [4.78, 5) is 17.9. The first-order valence-corrected chi connectivity index (χ1v) is 8.56. The summed E-state index contributed by atoms with van der Waals surface area (Å²) in [5, 5.41) is 12.2. The molecule has 0 fully saturated rings. The molecule has 3 heterocycles. The number of benzene rings is 1. The SMILES string of the molecule is Cc1ncc(-c2nc(N)c(O)nc2-c2cc(Cl)c3ncccc3c2)s1. The van der Waals surface area contributed by atoms with E-state index in [1.165, 1.54) is 11.3 Å². The van der Waals surface area contributed by atoms with Crippen LogP contribution in [0.1, 0.15) is 5.01 Å². The summed E-state index contributed by atoms with van der Waals surface area (Å²) >= 11 is 7.85. The predicted molar refractivity (Wildman–Crippen MR) is 99.7 cm³/mol. The molecule has 0 aliphatic heterocycles. The van der Waals surface area contributed by atoms with Crippen LogP contribution in [-0.4, -0.2) is 25.0 Å². The third-order valence-electron chi connectivity index (χ3n) is 3.69. The van der Waals surface area contributed by atoms with E-state index in [4.69, 9.17) is 17.3 Å². The van der Waals surface area contributed by atoms with Gasteiger partial charge in [0.05, 0.1) is 20.4 Å². The van der Waals surface area contributed by atoms with Gasteiger partial charge in [0.25, 0.3) is 5.88 Å². The second-order valence-corrected chi connectivity index (χ2v) is 7.05. The van der Waals surface area contributed by atoms with Crippen LogP contribution in [0.4, 0.5) is 5.82 Å². The van der Waals surface area contributed by atoms with Crippen LogP contribution in [0.25, 0.3) is 32.7 Å². The molecule has 0 amide bonds. The summed E-state index contributed by atoms with van der Waals surface area (Å²) in [6, 6.07) is 7.42. The van der Waals surface area contributed by atoms with Crippen molar-refractivity contribution in [3.05, 3.63) is 46.7 Å². The normalized spacial score (nSPS) is 11.1. The summed E-state index contributed by atoms with van der Waals surface area (Å²) in [7, 11) is 0. The Morgan fingerprint density at radius 3 is 2.76 bits per heavy atom. The van der Waals surface area contributed by atoms with Gasteiger partial charge in [0, 0.05) is 23.3 Å².